The lowest BCUT2D eigenvalue weighted by molar-refractivity contribution is -0.104. The molecule has 0 saturated carbocycles. The van der Waals surface area contributed by atoms with E-state index < -0.39 is 0 Å². The predicted molar refractivity (Wildman–Crippen MR) is 40.9 cm³/mol. The Labute approximate surface area is 61.9 Å². The first kappa shape index (κ1) is 9.37. The van der Waals surface area contributed by atoms with E-state index in [9.17, 15) is 4.79 Å². The molecule has 0 aliphatic rings. The second kappa shape index (κ2) is 4.23. The summed E-state index contributed by atoms with van der Waals surface area (Å²) < 4.78 is 5.12. The predicted octanol–water partition coefficient (Wildman–Crippen LogP) is 1.56. The molecular weight excluding hydrogens is 128 g/mol. The number of ether oxygens (including phenoxy) is 1. The molecule has 0 atom stereocenters. The van der Waals surface area contributed by atoms with Gasteiger partial charge in [0.25, 0.3) is 0 Å². The summed E-state index contributed by atoms with van der Waals surface area (Å²) in [5, 5.41) is 0. The molecule has 0 heterocycles. The lowest BCUT2D eigenvalue weighted by atomic mass is 10.1. The van der Waals surface area contributed by atoms with Crippen LogP contribution in [0.3, 0.4) is 0 Å². The topological polar surface area (TPSA) is 26.3 Å². The van der Waals surface area contributed by atoms with Crippen molar-refractivity contribution >= 4 is 6.29 Å². The Morgan fingerprint density at radius 1 is 1.50 bits per heavy atom. The van der Waals surface area contributed by atoms with Crippen LogP contribution in [-0.2, 0) is 9.53 Å². The van der Waals surface area contributed by atoms with Crippen molar-refractivity contribution in [2.45, 2.75) is 25.9 Å². The lowest BCUT2D eigenvalue weighted by Crippen LogP contribution is -2.20. The number of hydrogen-bond acceptors (Lipinski definition) is 2. The summed E-state index contributed by atoms with van der Waals surface area (Å²) in [6, 6.07) is 0. The fraction of sp³-hybridized carbons (Fsp3) is 0.625. The highest BCUT2D eigenvalue weighted by molar-refractivity contribution is 5.64. The van der Waals surface area contributed by atoms with Gasteiger partial charge in [-0.3, -0.25) is 4.79 Å². The minimum absolute atomic E-state index is 0.153. The Bertz CT molecular complexity index is 125. The lowest BCUT2D eigenvalue weighted by Gasteiger charge is -2.20. The molecule has 2 heteroatoms. The molecule has 0 aromatic rings. The molecular formula is C8H14O2. The Morgan fingerprint density at radius 2 is 2.10 bits per heavy atom. The van der Waals surface area contributed by atoms with Crippen LogP contribution in [-0.4, -0.2) is 19.0 Å². The van der Waals surface area contributed by atoms with Crippen LogP contribution in [0.25, 0.3) is 0 Å². The number of hydrogen-bond donors (Lipinski definition) is 0. The standard InChI is InChI=1S/C8H14O2/c1-8(2,10-3)6-4-5-7-9/h4-5,7H,6H2,1-3H3. The molecule has 0 aliphatic carbocycles. The van der Waals surface area contributed by atoms with Crippen LogP contribution in [0.15, 0.2) is 12.2 Å². The molecule has 0 fully saturated rings. The highest BCUT2D eigenvalue weighted by Gasteiger charge is 2.12. The Balaban J connectivity index is 3.66. The van der Waals surface area contributed by atoms with Crippen molar-refractivity contribution in [2.75, 3.05) is 7.11 Å². The molecule has 0 aromatic heterocycles. The molecule has 0 aromatic carbocycles. The SMILES string of the molecule is COC(C)(C)CC=CC=O. The monoisotopic (exact) mass is 142 g/mol. The van der Waals surface area contributed by atoms with Crippen LogP contribution < -0.4 is 0 Å². The summed E-state index contributed by atoms with van der Waals surface area (Å²) in [6.45, 7) is 3.95. The van der Waals surface area contributed by atoms with Crippen LogP contribution in [0, 0.1) is 0 Å². The van der Waals surface area contributed by atoms with Crippen LogP contribution in [0.2, 0.25) is 0 Å². The zero-order chi connectivity index (χ0) is 8.04. The van der Waals surface area contributed by atoms with Crippen LogP contribution in [0.5, 0.6) is 0 Å². The molecule has 2 nitrogen and oxygen atoms in total. The number of aldehydes is 1. The van der Waals surface area contributed by atoms with Gasteiger partial charge in [-0.15, -0.1) is 0 Å². The van der Waals surface area contributed by atoms with E-state index in [2.05, 4.69) is 0 Å². The molecule has 0 N–H and O–H groups in total. The number of rotatable bonds is 4. The Morgan fingerprint density at radius 3 is 2.50 bits per heavy atom. The third-order valence-electron chi connectivity index (χ3n) is 1.38. The van der Waals surface area contributed by atoms with Crippen molar-refractivity contribution in [1.82, 2.24) is 0 Å². The van der Waals surface area contributed by atoms with Crippen LogP contribution >= 0.6 is 0 Å². The Kier molecular flexibility index (Phi) is 3.96. The van der Waals surface area contributed by atoms with E-state index in [1.807, 2.05) is 13.8 Å². The third-order valence-corrected chi connectivity index (χ3v) is 1.38. The fourth-order valence-electron chi connectivity index (χ4n) is 0.491. The molecule has 0 unspecified atom stereocenters. The smallest absolute Gasteiger partial charge is 0.142 e. The minimum atomic E-state index is -0.153. The first-order chi connectivity index (χ1) is 4.62. The fourth-order valence-corrected chi connectivity index (χ4v) is 0.491. The molecule has 0 spiro atoms. The molecule has 0 rings (SSSR count). The van der Waals surface area contributed by atoms with Crippen molar-refractivity contribution in [3.05, 3.63) is 12.2 Å². The summed E-state index contributed by atoms with van der Waals surface area (Å²) in [7, 11) is 1.66. The molecule has 0 aliphatic heterocycles. The van der Waals surface area contributed by atoms with Crippen LogP contribution in [0.1, 0.15) is 20.3 Å². The first-order valence-electron chi connectivity index (χ1n) is 3.28. The zero-order valence-corrected chi connectivity index (χ0v) is 6.76. The van der Waals surface area contributed by atoms with E-state index in [-0.39, 0.29) is 5.60 Å². The molecule has 0 radical (unpaired) electrons. The zero-order valence-electron chi connectivity index (χ0n) is 6.76. The largest absolute Gasteiger partial charge is 0.378 e. The highest BCUT2D eigenvalue weighted by Crippen LogP contribution is 2.12. The molecule has 0 saturated heterocycles. The van der Waals surface area contributed by atoms with Crippen molar-refractivity contribution < 1.29 is 9.53 Å². The average molecular weight is 142 g/mol. The summed E-state index contributed by atoms with van der Waals surface area (Å²) in [4.78, 5) is 9.85. The molecule has 58 valence electrons. The van der Waals surface area contributed by atoms with Gasteiger partial charge in [0.2, 0.25) is 0 Å². The van der Waals surface area contributed by atoms with Crippen molar-refractivity contribution in [2.24, 2.45) is 0 Å². The molecule has 0 amide bonds. The van der Waals surface area contributed by atoms with E-state index in [1.54, 1.807) is 13.2 Å². The van der Waals surface area contributed by atoms with Gasteiger partial charge in [-0.1, -0.05) is 6.08 Å². The van der Waals surface area contributed by atoms with Gasteiger partial charge in [-0.2, -0.15) is 0 Å². The summed E-state index contributed by atoms with van der Waals surface area (Å²) in [6.07, 6.45) is 4.82. The number of allylic oxidation sites excluding steroid dienone is 1. The van der Waals surface area contributed by atoms with Gasteiger partial charge in [0.05, 0.1) is 5.60 Å². The maximum atomic E-state index is 9.85. The quantitative estimate of drug-likeness (QED) is 0.440. The van der Waals surface area contributed by atoms with Gasteiger partial charge in [0, 0.05) is 7.11 Å². The van der Waals surface area contributed by atoms with Crippen molar-refractivity contribution in [3.8, 4) is 0 Å². The molecule has 0 bridgehead atoms. The van der Waals surface area contributed by atoms with Gasteiger partial charge < -0.3 is 4.74 Å². The Hall–Kier alpha value is -0.630. The third kappa shape index (κ3) is 4.27. The summed E-state index contributed by atoms with van der Waals surface area (Å²) >= 11 is 0. The van der Waals surface area contributed by atoms with Gasteiger partial charge in [-0.25, -0.2) is 0 Å². The minimum Gasteiger partial charge on any atom is -0.378 e. The number of methoxy groups -OCH3 is 1. The normalized spacial score (nSPS) is 12.3. The molecule has 10 heavy (non-hydrogen) atoms. The maximum absolute atomic E-state index is 9.85. The van der Waals surface area contributed by atoms with E-state index in [4.69, 9.17) is 4.74 Å². The van der Waals surface area contributed by atoms with Crippen LogP contribution in [0.4, 0.5) is 0 Å². The van der Waals surface area contributed by atoms with Gasteiger partial charge in [-0.05, 0) is 26.3 Å². The van der Waals surface area contributed by atoms with E-state index in [0.29, 0.717) is 0 Å². The van der Waals surface area contributed by atoms with Gasteiger partial charge in [0.15, 0.2) is 0 Å². The van der Waals surface area contributed by atoms with Crippen molar-refractivity contribution in [3.63, 3.8) is 0 Å². The maximum Gasteiger partial charge on any atom is 0.142 e. The highest BCUT2D eigenvalue weighted by atomic mass is 16.5. The van der Waals surface area contributed by atoms with E-state index in [0.717, 1.165) is 12.7 Å². The first-order valence-corrected chi connectivity index (χ1v) is 3.28. The second-order valence-electron chi connectivity index (χ2n) is 2.73. The van der Waals surface area contributed by atoms with Gasteiger partial charge in [0.1, 0.15) is 6.29 Å². The second-order valence-corrected chi connectivity index (χ2v) is 2.73. The van der Waals surface area contributed by atoms with E-state index in [1.165, 1.54) is 6.08 Å². The number of carbonyl (C=O) groups excluding carboxylic acids is 1. The average Bonchev–Trinajstić information content (AvgIpc) is 1.89. The van der Waals surface area contributed by atoms with Gasteiger partial charge >= 0.3 is 0 Å². The van der Waals surface area contributed by atoms with Crippen molar-refractivity contribution in [1.29, 1.82) is 0 Å². The number of carbonyl (C=O) groups is 1. The van der Waals surface area contributed by atoms with E-state index >= 15 is 0 Å². The summed E-state index contributed by atoms with van der Waals surface area (Å²) in [5.41, 5.74) is -0.153. The summed E-state index contributed by atoms with van der Waals surface area (Å²) in [5.74, 6) is 0.